The van der Waals surface area contributed by atoms with E-state index in [2.05, 4.69) is 47.2 Å². The van der Waals surface area contributed by atoms with Crippen LogP contribution in [0.4, 0.5) is 0 Å². The molecule has 23 heavy (non-hydrogen) atoms. The molecule has 0 amide bonds. The van der Waals surface area contributed by atoms with Crippen molar-refractivity contribution in [1.82, 2.24) is 15.2 Å². The highest BCUT2D eigenvalue weighted by molar-refractivity contribution is 7.99. The molecule has 0 saturated carbocycles. The Morgan fingerprint density at radius 1 is 1.35 bits per heavy atom. The van der Waals surface area contributed by atoms with Gasteiger partial charge in [-0.25, -0.2) is 0 Å². The number of allylic oxidation sites excluding steroid dienone is 1. The molecule has 2 heterocycles. The number of hydrogen-bond donors (Lipinski definition) is 2. The average Bonchev–Trinajstić information content (AvgIpc) is 3.15. The molecule has 120 valence electrons. The minimum Gasteiger partial charge on any atom is -0.414 e. The highest BCUT2D eigenvalue weighted by atomic mass is 32.2. The minimum absolute atomic E-state index is 0.306. The van der Waals surface area contributed by atoms with Crippen molar-refractivity contribution in [2.45, 2.75) is 31.5 Å². The summed E-state index contributed by atoms with van der Waals surface area (Å²) in [4.78, 5) is 3.26. The topological polar surface area (TPSA) is 80.7 Å². The van der Waals surface area contributed by atoms with Gasteiger partial charge in [-0.1, -0.05) is 41.6 Å². The number of benzene rings is 1. The number of aromatic nitrogens is 3. The zero-order valence-corrected chi connectivity index (χ0v) is 14.1. The molecule has 0 radical (unpaired) electrons. The van der Waals surface area contributed by atoms with Gasteiger partial charge in [0.05, 0.1) is 6.04 Å². The SMILES string of the molecule is CC(C)=CCSc1nnc(C(N)Cc2c[nH]c3ccccc23)o1. The first-order chi connectivity index (χ1) is 11.1. The molecule has 0 aliphatic carbocycles. The summed E-state index contributed by atoms with van der Waals surface area (Å²) in [6.07, 6.45) is 4.77. The fourth-order valence-electron chi connectivity index (χ4n) is 2.33. The van der Waals surface area contributed by atoms with Gasteiger partial charge in [-0.15, -0.1) is 10.2 Å². The molecule has 3 aromatic rings. The Labute approximate surface area is 139 Å². The van der Waals surface area contributed by atoms with Gasteiger partial charge in [0.2, 0.25) is 5.89 Å². The molecule has 1 aromatic carbocycles. The van der Waals surface area contributed by atoms with Crippen LogP contribution in [0.3, 0.4) is 0 Å². The molecule has 0 aliphatic heterocycles. The van der Waals surface area contributed by atoms with E-state index in [4.69, 9.17) is 10.2 Å². The van der Waals surface area contributed by atoms with E-state index in [1.54, 1.807) is 0 Å². The maximum atomic E-state index is 6.24. The first-order valence-electron chi connectivity index (χ1n) is 7.53. The average molecular weight is 328 g/mol. The van der Waals surface area contributed by atoms with Gasteiger partial charge >= 0.3 is 0 Å². The third kappa shape index (κ3) is 3.83. The predicted molar refractivity (Wildman–Crippen MR) is 93.4 cm³/mol. The van der Waals surface area contributed by atoms with Gasteiger partial charge < -0.3 is 15.1 Å². The fraction of sp³-hybridized carbons (Fsp3) is 0.294. The molecule has 0 spiro atoms. The fourth-order valence-corrected chi connectivity index (χ4v) is 3.14. The van der Waals surface area contributed by atoms with Gasteiger partial charge in [0.25, 0.3) is 5.22 Å². The van der Waals surface area contributed by atoms with Crippen molar-refractivity contribution in [3.63, 3.8) is 0 Å². The summed E-state index contributed by atoms with van der Waals surface area (Å²) in [6.45, 7) is 4.13. The molecule has 1 unspecified atom stereocenters. The van der Waals surface area contributed by atoms with Gasteiger partial charge in [-0.05, 0) is 31.9 Å². The Hall–Kier alpha value is -2.05. The second-order valence-electron chi connectivity index (χ2n) is 5.67. The van der Waals surface area contributed by atoms with Crippen molar-refractivity contribution in [3.05, 3.63) is 53.6 Å². The van der Waals surface area contributed by atoms with Gasteiger partial charge in [0.1, 0.15) is 0 Å². The normalized spacial score (nSPS) is 12.5. The number of nitrogens with one attached hydrogen (secondary N) is 1. The smallest absolute Gasteiger partial charge is 0.276 e. The molecule has 0 bridgehead atoms. The molecule has 3 rings (SSSR count). The lowest BCUT2D eigenvalue weighted by molar-refractivity contribution is 0.386. The van der Waals surface area contributed by atoms with Crippen LogP contribution in [0.25, 0.3) is 10.9 Å². The number of fused-ring (bicyclic) bond motifs is 1. The van der Waals surface area contributed by atoms with Gasteiger partial charge in [0, 0.05) is 22.9 Å². The molecular formula is C17H20N4OS. The molecule has 0 aliphatic rings. The molecule has 1 atom stereocenters. The number of nitrogens with zero attached hydrogens (tertiary/aromatic N) is 2. The minimum atomic E-state index is -0.306. The number of H-pyrrole nitrogens is 1. The van der Waals surface area contributed by atoms with E-state index in [1.165, 1.54) is 22.7 Å². The molecule has 0 fully saturated rings. The van der Waals surface area contributed by atoms with E-state index >= 15 is 0 Å². The van der Waals surface area contributed by atoms with Crippen LogP contribution >= 0.6 is 11.8 Å². The standard InChI is InChI=1S/C17H20N4OS/c1-11(2)7-8-23-17-21-20-16(22-17)14(18)9-12-10-19-15-6-4-3-5-13(12)15/h3-7,10,14,19H,8-9,18H2,1-2H3. The number of aromatic amines is 1. The van der Waals surface area contributed by atoms with E-state index in [-0.39, 0.29) is 6.04 Å². The summed E-state index contributed by atoms with van der Waals surface area (Å²) in [5, 5.41) is 9.88. The van der Waals surface area contributed by atoms with Crippen LogP contribution in [0.1, 0.15) is 31.3 Å². The van der Waals surface area contributed by atoms with Crippen molar-refractivity contribution in [1.29, 1.82) is 0 Å². The number of rotatable bonds is 6. The number of nitrogens with two attached hydrogens (primary N) is 1. The number of hydrogen-bond acceptors (Lipinski definition) is 5. The zero-order chi connectivity index (χ0) is 16.2. The van der Waals surface area contributed by atoms with E-state index in [0.717, 1.165) is 16.8 Å². The van der Waals surface area contributed by atoms with Crippen molar-refractivity contribution in [3.8, 4) is 0 Å². The maximum absolute atomic E-state index is 6.24. The van der Waals surface area contributed by atoms with Crippen LogP contribution in [0, 0.1) is 0 Å². The van der Waals surface area contributed by atoms with Crippen LogP contribution in [0.5, 0.6) is 0 Å². The monoisotopic (exact) mass is 328 g/mol. The Kier molecular flexibility index (Phi) is 4.83. The third-order valence-electron chi connectivity index (χ3n) is 3.55. The first kappa shape index (κ1) is 15.8. The van der Waals surface area contributed by atoms with Crippen LogP contribution < -0.4 is 5.73 Å². The molecule has 0 saturated heterocycles. The summed E-state index contributed by atoms with van der Waals surface area (Å²) in [5.74, 6) is 1.30. The van der Waals surface area contributed by atoms with E-state index < -0.39 is 0 Å². The van der Waals surface area contributed by atoms with Gasteiger partial charge in [-0.2, -0.15) is 0 Å². The lowest BCUT2D eigenvalue weighted by Crippen LogP contribution is -2.13. The van der Waals surface area contributed by atoms with Gasteiger partial charge in [-0.3, -0.25) is 0 Å². The van der Waals surface area contributed by atoms with E-state index in [9.17, 15) is 0 Å². The second kappa shape index (κ2) is 7.02. The molecular weight excluding hydrogens is 308 g/mol. The molecule has 5 nitrogen and oxygen atoms in total. The predicted octanol–water partition coefficient (Wildman–Crippen LogP) is 3.85. The van der Waals surface area contributed by atoms with E-state index in [0.29, 0.717) is 17.5 Å². The van der Waals surface area contributed by atoms with Crippen LogP contribution in [-0.4, -0.2) is 20.9 Å². The molecule has 6 heteroatoms. The highest BCUT2D eigenvalue weighted by Gasteiger charge is 2.17. The first-order valence-corrected chi connectivity index (χ1v) is 8.52. The lowest BCUT2D eigenvalue weighted by Gasteiger charge is -2.05. The van der Waals surface area contributed by atoms with Crippen LogP contribution in [-0.2, 0) is 6.42 Å². The zero-order valence-electron chi connectivity index (χ0n) is 13.2. The van der Waals surface area contributed by atoms with Crippen molar-refractivity contribution in [2.24, 2.45) is 5.73 Å². The summed E-state index contributed by atoms with van der Waals surface area (Å²) >= 11 is 1.52. The molecule has 3 N–H and O–H groups in total. The summed E-state index contributed by atoms with van der Waals surface area (Å²) < 4.78 is 5.66. The van der Waals surface area contributed by atoms with Crippen LogP contribution in [0.2, 0.25) is 0 Å². The number of thioether (sulfide) groups is 1. The Morgan fingerprint density at radius 2 is 2.17 bits per heavy atom. The Morgan fingerprint density at radius 3 is 3.00 bits per heavy atom. The van der Waals surface area contributed by atoms with Crippen molar-refractivity contribution >= 4 is 22.7 Å². The molecule has 2 aromatic heterocycles. The van der Waals surface area contributed by atoms with Crippen LogP contribution in [0.15, 0.2) is 51.8 Å². The largest absolute Gasteiger partial charge is 0.414 e. The third-order valence-corrected chi connectivity index (χ3v) is 4.30. The summed E-state index contributed by atoms with van der Waals surface area (Å²) in [7, 11) is 0. The van der Waals surface area contributed by atoms with E-state index in [1.807, 2.05) is 18.3 Å². The Balaban J connectivity index is 1.67. The van der Waals surface area contributed by atoms with Crippen molar-refractivity contribution < 1.29 is 4.42 Å². The summed E-state index contributed by atoms with van der Waals surface area (Å²) in [6, 6.07) is 7.86. The maximum Gasteiger partial charge on any atom is 0.276 e. The lowest BCUT2D eigenvalue weighted by atomic mass is 10.1. The summed E-state index contributed by atoms with van der Waals surface area (Å²) in [5.41, 5.74) is 9.77. The van der Waals surface area contributed by atoms with Gasteiger partial charge in [0.15, 0.2) is 0 Å². The Bertz CT molecular complexity index is 817. The second-order valence-corrected chi connectivity index (χ2v) is 6.64. The quantitative estimate of drug-likeness (QED) is 0.530. The number of para-hydroxylation sites is 1. The van der Waals surface area contributed by atoms with Crippen molar-refractivity contribution in [2.75, 3.05) is 5.75 Å². The highest BCUT2D eigenvalue weighted by Crippen LogP contribution is 2.24.